The molecule has 0 saturated heterocycles. The number of hydrogen-bond donors (Lipinski definition) is 1. The normalized spacial score (nSPS) is 11.1. The minimum absolute atomic E-state index is 0.285. The van der Waals surface area contributed by atoms with Gasteiger partial charge in [0.15, 0.2) is 11.6 Å². The second-order valence-electron chi connectivity index (χ2n) is 6.83. The molecular weight excluding hydrogens is 415 g/mol. The summed E-state index contributed by atoms with van der Waals surface area (Å²) in [7, 11) is 0. The van der Waals surface area contributed by atoms with E-state index in [1.807, 2.05) is 31.2 Å². The maximum Gasteiger partial charge on any atom is 0.232 e. The molecule has 4 rings (SSSR count). The molecule has 0 aliphatic heterocycles. The number of aryl methyl sites for hydroxylation is 1. The zero-order valence-corrected chi connectivity index (χ0v) is 16.5. The first kappa shape index (κ1) is 20.0. The van der Waals surface area contributed by atoms with Gasteiger partial charge in [-0.1, -0.05) is 35.9 Å². The molecule has 0 atom stereocenters. The SMILES string of the molecule is Cc1ccccc1-c1c(CC(=O)Nc2c(F)cc(F)cc2F)oc2ccc(Cl)cc12. The molecule has 0 aliphatic carbocycles. The van der Waals surface area contributed by atoms with Crippen LogP contribution in [0.5, 0.6) is 0 Å². The van der Waals surface area contributed by atoms with Crippen LogP contribution in [-0.4, -0.2) is 5.91 Å². The van der Waals surface area contributed by atoms with Gasteiger partial charge in [0.2, 0.25) is 5.91 Å². The fourth-order valence-electron chi connectivity index (χ4n) is 3.38. The van der Waals surface area contributed by atoms with Gasteiger partial charge in [-0.05, 0) is 36.2 Å². The van der Waals surface area contributed by atoms with Crippen molar-refractivity contribution >= 4 is 34.2 Å². The monoisotopic (exact) mass is 429 g/mol. The van der Waals surface area contributed by atoms with Crippen LogP contribution in [0.15, 0.2) is 59.0 Å². The fourth-order valence-corrected chi connectivity index (χ4v) is 3.56. The number of halogens is 4. The van der Waals surface area contributed by atoms with Gasteiger partial charge in [0.05, 0.1) is 6.42 Å². The molecule has 0 radical (unpaired) electrons. The molecule has 152 valence electrons. The van der Waals surface area contributed by atoms with E-state index in [9.17, 15) is 18.0 Å². The van der Waals surface area contributed by atoms with E-state index in [4.69, 9.17) is 16.0 Å². The average Bonchev–Trinajstić information content (AvgIpc) is 3.02. The first-order valence-electron chi connectivity index (χ1n) is 9.05. The number of carbonyl (C=O) groups excluding carboxylic acids is 1. The average molecular weight is 430 g/mol. The van der Waals surface area contributed by atoms with Crippen LogP contribution in [0.3, 0.4) is 0 Å². The summed E-state index contributed by atoms with van der Waals surface area (Å²) in [5.74, 6) is -3.85. The highest BCUT2D eigenvalue weighted by Crippen LogP contribution is 2.38. The Morgan fingerprint density at radius 1 is 1.03 bits per heavy atom. The Hall–Kier alpha value is -3.25. The number of hydrogen-bond acceptors (Lipinski definition) is 2. The smallest absolute Gasteiger partial charge is 0.232 e. The van der Waals surface area contributed by atoms with Crippen molar-refractivity contribution in [2.24, 2.45) is 0 Å². The number of benzene rings is 3. The Morgan fingerprint density at radius 3 is 2.43 bits per heavy atom. The van der Waals surface area contributed by atoms with E-state index in [0.717, 1.165) is 16.5 Å². The Kier molecular flexibility index (Phi) is 5.26. The molecule has 0 bridgehead atoms. The largest absolute Gasteiger partial charge is 0.460 e. The molecule has 0 fully saturated rings. The maximum atomic E-state index is 13.9. The van der Waals surface area contributed by atoms with Gasteiger partial charge in [-0.25, -0.2) is 13.2 Å². The molecule has 3 nitrogen and oxygen atoms in total. The van der Waals surface area contributed by atoms with Crippen molar-refractivity contribution in [3.63, 3.8) is 0 Å². The predicted molar refractivity (Wildman–Crippen MR) is 110 cm³/mol. The summed E-state index contributed by atoms with van der Waals surface area (Å²) in [4.78, 5) is 12.6. The Bertz CT molecular complexity index is 1260. The summed E-state index contributed by atoms with van der Waals surface area (Å²) in [5, 5.41) is 3.39. The van der Waals surface area contributed by atoms with Gasteiger partial charge in [-0.15, -0.1) is 0 Å². The molecule has 1 aromatic heterocycles. The van der Waals surface area contributed by atoms with Crippen LogP contribution in [0.2, 0.25) is 5.02 Å². The van der Waals surface area contributed by atoms with E-state index in [2.05, 4.69) is 5.32 Å². The van der Waals surface area contributed by atoms with Crippen molar-refractivity contribution < 1.29 is 22.4 Å². The lowest BCUT2D eigenvalue weighted by Gasteiger charge is -2.09. The van der Waals surface area contributed by atoms with Gasteiger partial charge < -0.3 is 9.73 Å². The van der Waals surface area contributed by atoms with Gasteiger partial charge in [-0.2, -0.15) is 0 Å². The van der Waals surface area contributed by atoms with Crippen LogP contribution in [0.4, 0.5) is 18.9 Å². The summed E-state index contributed by atoms with van der Waals surface area (Å²) in [6.45, 7) is 1.92. The van der Waals surface area contributed by atoms with Crippen molar-refractivity contribution in [2.45, 2.75) is 13.3 Å². The zero-order chi connectivity index (χ0) is 21.4. The lowest BCUT2D eigenvalue weighted by atomic mass is 9.96. The minimum atomic E-state index is -1.20. The molecule has 3 aromatic carbocycles. The van der Waals surface area contributed by atoms with E-state index < -0.39 is 29.0 Å². The third-order valence-corrected chi connectivity index (χ3v) is 4.96. The highest BCUT2D eigenvalue weighted by atomic mass is 35.5. The molecule has 0 spiro atoms. The quantitative estimate of drug-likeness (QED) is 0.394. The van der Waals surface area contributed by atoms with E-state index in [1.54, 1.807) is 18.2 Å². The number of anilines is 1. The second kappa shape index (κ2) is 7.88. The van der Waals surface area contributed by atoms with Gasteiger partial charge in [0, 0.05) is 28.1 Å². The van der Waals surface area contributed by atoms with Crippen molar-refractivity contribution in [2.75, 3.05) is 5.32 Å². The summed E-state index contributed by atoms with van der Waals surface area (Å²) < 4.78 is 46.8. The number of amides is 1. The molecular formula is C23H15ClF3NO2. The van der Waals surface area contributed by atoms with E-state index in [-0.39, 0.29) is 6.42 Å². The topological polar surface area (TPSA) is 42.2 Å². The van der Waals surface area contributed by atoms with Crippen LogP contribution in [-0.2, 0) is 11.2 Å². The van der Waals surface area contributed by atoms with Crippen molar-refractivity contribution in [1.82, 2.24) is 0 Å². The molecule has 7 heteroatoms. The Labute approximate surface area is 175 Å². The van der Waals surface area contributed by atoms with Crippen molar-refractivity contribution in [3.05, 3.63) is 88.4 Å². The summed E-state index contributed by atoms with van der Waals surface area (Å²) in [6.07, 6.45) is -0.285. The lowest BCUT2D eigenvalue weighted by molar-refractivity contribution is -0.115. The van der Waals surface area contributed by atoms with Crippen LogP contribution < -0.4 is 5.32 Å². The van der Waals surface area contributed by atoms with Gasteiger partial charge in [0.1, 0.15) is 22.8 Å². The molecule has 1 amide bonds. The van der Waals surface area contributed by atoms with Crippen LogP contribution in [0.25, 0.3) is 22.1 Å². The number of furan rings is 1. The number of fused-ring (bicyclic) bond motifs is 1. The first-order valence-corrected chi connectivity index (χ1v) is 9.42. The van der Waals surface area contributed by atoms with Gasteiger partial charge >= 0.3 is 0 Å². The van der Waals surface area contributed by atoms with Gasteiger partial charge in [-0.3, -0.25) is 4.79 Å². The molecule has 1 heterocycles. The van der Waals surface area contributed by atoms with Crippen LogP contribution in [0, 0.1) is 24.4 Å². The zero-order valence-electron chi connectivity index (χ0n) is 15.7. The Balaban J connectivity index is 1.75. The van der Waals surface area contributed by atoms with Gasteiger partial charge in [0.25, 0.3) is 0 Å². The number of carbonyl (C=O) groups is 1. The fraction of sp³-hybridized carbons (Fsp3) is 0.0870. The summed E-state index contributed by atoms with van der Waals surface area (Å²) >= 11 is 6.15. The summed E-state index contributed by atoms with van der Waals surface area (Å²) in [5.41, 5.74) is 2.30. The molecule has 4 aromatic rings. The van der Waals surface area contributed by atoms with E-state index in [0.29, 0.717) is 34.1 Å². The third-order valence-electron chi connectivity index (χ3n) is 4.73. The molecule has 0 aliphatic rings. The first-order chi connectivity index (χ1) is 14.3. The number of rotatable bonds is 4. The predicted octanol–water partition coefficient (Wildman–Crippen LogP) is 6.66. The van der Waals surface area contributed by atoms with Crippen molar-refractivity contribution in [1.29, 1.82) is 0 Å². The molecule has 1 N–H and O–H groups in total. The molecule has 0 unspecified atom stereocenters. The standard InChI is InChI=1S/C23H15ClF3NO2/c1-12-4-2-3-5-15(12)22-16-8-13(24)6-7-19(16)30-20(22)11-21(29)28-23-17(26)9-14(25)10-18(23)27/h2-10H,11H2,1H3,(H,28,29). The Morgan fingerprint density at radius 2 is 1.73 bits per heavy atom. The lowest BCUT2D eigenvalue weighted by Crippen LogP contribution is -2.16. The molecule has 30 heavy (non-hydrogen) atoms. The number of nitrogens with one attached hydrogen (secondary N) is 1. The molecule has 0 saturated carbocycles. The highest BCUT2D eigenvalue weighted by molar-refractivity contribution is 6.31. The van der Waals surface area contributed by atoms with Crippen molar-refractivity contribution in [3.8, 4) is 11.1 Å². The maximum absolute atomic E-state index is 13.9. The highest BCUT2D eigenvalue weighted by Gasteiger charge is 2.21. The van der Waals surface area contributed by atoms with Crippen LogP contribution >= 0.6 is 11.6 Å². The van der Waals surface area contributed by atoms with Crippen LogP contribution in [0.1, 0.15) is 11.3 Å². The summed E-state index contributed by atoms with van der Waals surface area (Å²) in [6, 6.07) is 13.7. The third kappa shape index (κ3) is 3.78. The minimum Gasteiger partial charge on any atom is -0.460 e. The second-order valence-corrected chi connectivity index (χ2v) is 7.26. The van der Waals surface area contributed by atoms with E-state index in [1.165, 1.54) is 0 Å². The van der Waals surface area contributed by atoms with E-state index >= 15 is 0 Å².